The highest BCUT2D eigenvalue weighted by atomic mass is 16.7. The summed E-state index contributed by atoms with van der Waals surface area (Å²) in [5.74, 6) is -0.723. The van der Waals surface area contributed by atoms with Crippen molar-refractivity contribution in [1.82, 2.24) is 5.32 Å². The fraction of sp³-hybridized carbons (Fsp3) is 0.800. The standard InChI is InChI=1S/C45H81NO10/c1-3-5-7-9-11-13-15-17-18-19-21-23-25-27-29-31-33-38(49)44(54)46-36(35-55-45-43(53)42(52)41(51)39(34-47)56-45)40(50)37(48)32-30-28-26-24-22-20-16-14-12-10-8-6-4-2/h11,13-14,16-18,24,26,36-43,45,47-53H,3-10,12,15,19-23,25,27-35H2,1-2H3,(H,46,54)/b13-11-,16-14+,18-17-,26-24+. The molecular formula is C45H81NO10. The van der Waals surface area contributed by atoms with Crippen molar-refractivity contribution in [2.45, 2.75) is 217 Å². The topological polar surface area (TPSA) is 189 Å². The molecule has 0 radical (unpaired) electrons. The number of allylic oxidation sites excluding steroid dienone is 8. The number of amides is 1. The van der Waals surface area contributed by atoms with Crippen LogP contribution in [0.25, 0.3) is 0 Å². The predicted molar refractivity (Wildman–Crippen MR) is 224 cm³/mol. The third-order valence-corrected chi connectivity index (χ3v) is 10.3. The van der Waals surface area contributed by atoms with Crippen LogP contribution in [0.3, 0.4) is 0 Å². The van der Waals surface area contributed by atoms with Crippen LogP contribution < -0.4 is 5.32 Å². The minimum atomic E-state index is -1.67. The van der Waals surface area contributed by atoms with Crippen molar-refractivity contribution in [3.63, 3.8) is 0 Å². The third-order valence-electron chi connectivity index (χ3n) is 10.3. The van der Waals surface area contributed by atoms with Crippen LogP contribution in [0, 0.1) is 0 Å². The second-order valence-electron chi connectivity index (χ2n) is 15.4. The van der Waals surface area contributed by atoms with E-state index in [-0.39, 0.29) is 12.8 Å². The van der Waals surface area contributed by atoms with Gasteiger partial charge in [0.15, 0.2) is 6.29 Å². The van der Waals surface area contributed by atoms with E-state index in [1.165, 1.54) is 44.9 Å². The Bertz CT molecular complexity index is 1050. The predicted octanol–water partition coefficient (Wildman–Crippen LogP) is 6.61. The molecule has 1 amide bonds. The van der Waals surface area contributed by atoms with E-state index in [0.29, 0.717) is 19.3 Å². The fourth-order valence-corrected chi connectivity index (χ4v) is 6.60. The van der Waals surface area contributed by atoms with Crippen molar-refractivity contribution >= 4 is 5.91 Å². The Kier molecular flexibility index (Phi) is 32.6. The highest BCUT2D eigenvalue weighted by Gasteiger charge is 2.44. The van der Waals surface area contributed by atoms with E-state index >= 15 is 0 Å². The van der Waals surface area contributed by atoms with Gasteiger partial charge in [0.25, 0.3) is 0 Å². The SMILES string of the molecule is CCCCC/C=C\C/C=C\CCCCCCCCC(O)C(=O)NC(COC1OC(CO)C(O)C(O)C1O)C(O)C(O)CCC/C=C/CC/C=C/CCCCCC. The Labute approximate surface area is 339 Å². The number of carbonyl (C=O) groups excluding carboxylic acids is 1. The number of aliphatic hydroxyl groups is 7. The average molecular weight is 796 g/mol. The van der Waals surface area contributed by atoms with Crippen LogP contribution in [0.1, 0.15) is 162 Å². The number of unbranched alkanes of at least 4 members (excludes halogenated alkanes) is 15. The van der Waals surface area contributed by atoms with Crippen LogP contribution in [0.2, 0.25) is 0 Å². The fourth-order valence-electron chi connectivity index (χ4n) is 6.60. The molecular weight excluding hydrogens is 714 g/mol. The van der Waals surface area contributed by atoms with E-state index in [1.807, 2.05) is 0 Å². The van der Waals surface area contributed by atoms with Crippen LogP contribution in [0.4, 0.5) is 0 Å². The summed E-state index contributed by atoms with van der Waals surface area (Å²) in [6.07, 6.45) is 28.7. The number of aliphatic hydroxyl groups excluding tert-OH is 7. The summed E-state index contributed by atoms with van der Waals surface area (Å²) in [6.45, 7) is 3.34. The lowest BCUT2D eigenvalue weighted by Crippen LogP contribution is -2.60. The Morgan fingerprint density at radius 1 is 0.625 bits per heavy atom. The van der Waals surface area contributed by atoms with Crippen molar-refractivity contribution in [3.05, 3.63) is 48.6 Å². The van der Waals surface area contributed by atoms with Gasteiger partial charge in [-0.25, -0.2) is 0 Å². The average Bonchev–Trinajstić information content (AvgIpc) is 3.20. The monoisotopic (exact) mass is 796 g/mol. The minimum Gasteiger partial charge on any atom is -0.394 e. The molecule has 1 aliphatic rings. The number of ether oxygens (including phenoxy) is 2. The molecule has 0 aromatic rings. The summed E-state index contributed by atoms with van der Waals surface area (Å²) < 4.78 is 11.0. The molecule has 56 heavy (non-hydrogen) atoms. The van der Waals surface area contributed by atoms with Gasteiger partial charge in [-0.2, -0.15) is 0 Å². The molecule has 9 atom stereocenters. The van der Waals surface area contributed by atoms with E-state index in [9.17, 15) is 40.5 Å². The van der Waals surface area contributed by atoms with Crippen molar-refractivity contribution < 1.29 is 50.0 Å². The van der Waals surface area contributed by atoms with Gasteiger partial charge in [0.2, 0.25) is 5.91 Å². The molecule has 1 saturated heterocycles. The molecule has 8 N–H and O–H groups in total. The van der Waals surface area contributed by atoms with Crippen LogP contribution in [-0.2, 0) is 14.3 Å². The van der Waals surface area contributed by atoms with Gasteiger partial charge in [-0.15, -0.1) is 0 Å². The molecule has 9 unspecified atom stereocenters. The van der Waals surface area contributed by atoms with Gasteiger partial charge >= 0.3 is 0 Å². The maximum absolute atomic E-state index is 13.0. The lowest BCUT2D eigenvalue weighted by molar-refractivity contribution is -0.303. The Balaban J connectivity index is 2.53. The third kappa shape index (κ3) is 24.8. The molecule has 1 aliphatic heterocycles. The summed E-state index contributed by atoms with van der Waals surface area (Å²) in [4.78, 5) is 13.0. The normalized spacial score (nSPS) is 22.8. The van der Waals surface area contributed by atoms with Gasteiger partial charge in [-0.1, -0.05) is 127 Å². The minimum absolute atomic E-state index is 0.237. The summed E-state index contributed by atoms with van der Waals surface area (Å²) in [5, 5.41) is 75.4. The van der Waals surface area contributed by atoms with Crippen molar-refractivity contribution in [3.8, 4) is 0 Å². The number of hydrogen-bond acceptors (Lipinski definition) is 10. The number of hydrogen-bond donors (Lipinski definition) is 8. The van der Waals surface area contributed by atoms with Crippen molar-refractivity contribution in [2.24, 2.45) is 0 Å². The van der Waals surface area contributed by atoms with E-state index in [0.717, 1.165) is 70.6 Å². The van der Waals surface area contributed by atoms with Crippen LogP contribution >= 0.6 is 0 Å². The molecule has 1 rings (SSSR count). The lowest BCUT2D eigenvalue weighted by Gasteiger charge is -2.40. The van der Waals surface area contributed by atoms with E-state index in [2.05, 4.69) is 67.8 Å². The zero-order valence-corrected chi connectivity index (χ0v) is 34.8. The smallest absolute Gasteiger partial charge is 0.249 e. The molecule has 0 spiro atoms. The van der Waals surface area contributed by atoms with Crippen molar-refractivity contribution in [2.75, 3.05) is 13.2 Å². The molecule has 0 aliphatic carbocycles. The first kappa shape index (κ1) is 52.1. The first-order valence-corrected chi connectivity index (χ1v) is 22.0. The molecule has 0 aromatic heterocycles. The highest BCUT2D eigenvalue weighted by molar-refractivity contribution is 5.80. The maximum atomic E-state index is 13.0. The Morgan fingerprint density at radius 3 is 1.73 bits per heavy atom. The molecule has 1 fully saturated rings. The zero-order valence-electron chi connectivity index (χ0n) is 34.8. The van der Waals surface area contributed by atoms with Gasteiger partial charge in [-0.3, -0.25) is 4.79 Å². The highest BCUT2D eigenvalue weighted by Crippen LogP contribution is 2.23. The van der Waals surface area contributed by atoms with E-state index in [1.54, 1.807) is 0 Å². The van der Waals surface area contributed by atoms with Crippen LogP contribution in [-0.4, -0.2) is 110 Å². The zero-order chi connectivity index (χ0) is 41.2. The first-order valence-electron chi connectivity index (χ1n) is 22.0. The van der Waals surface area contributed by atoms with Crippen LogP contribution in [0.15, 0.2) is 48.6 Å². The molecule has 11 heteroatoms. The lowest BCUT2D eigenvalue weighted by atomic mass is 9.98. The molecule has 0 bridgehead atoms. The summed E-state index contributed by atoms with van der Waals surface area (Å²) in [5.41, 5.74) is 0. The largest absolute Gasteiger partial charge is 0.394 e. The van der Waals surface area contributed by atoms with E-state index < -0.39 is 74.2 Å². The van der Waals surface area contributed by atoms with Crippen LogP contribution in [0.5, 0.6) is 0 Å². The molecule has 0 aromatic carbocycles. The van der Waals surface area contributed by atoms with Gasteiger partial charge in [-0.05, 0) is 83.5 Å². The molecule has 11 nitrogen and oxygen atoms in total. The number of nitrogens with one attached hydrogen (secondary N) is 1. The molecule has 0 saturated carbocycles. The summed E-state index contributed by atoms with van der Waals surface area (Å²) in [6, 6.07) is -1.19. The summed E-state index contributed by atoms with van der Waals surface area (Å²) in [7, 11) is 0. The molecule has 326 valence electrons. The first-order chi connectivity index (χ1) is 27.2. The van der Waals surface area contributed by atoms with E-state index in [4.69, 9.17) is 9.47 Å². The summed E-state index contributed by atoms with van der Waals surface area (Å²) >= 11 is 0. The number of carbonyl (C=O) groups is 1. The van der Waals surface area contributed by atoms with Gasteiger partial charge in [0.05, 0.1) is 25.4 Å². The van der Waals surface area contributed by atoms with Crippen molar-refractivity contribution in [1.29, 1.82) is 0 Å². The second kappa shape index (κ2) is 35.1. The quantitative estimate of drug-likeness (QED) is 0.0256. The van der Waals surface area contributed by atoms with Gasteiger partial charge in [0.1, 0.15) is 36.6 Å². The van der Waals surface area contributed by atoms with Gasteiger partial charge < -0.3 is 50.5 Å². The Morgan fingerprint density at radius 2 is 1.12 bits per heavy atom. The van der Waals surface area contributed by atoms with Gasteiger partial charge in [0, 0.05) is 0 Å². The Hall–Kier alpha value is -1.93. The molecule has 1 heterocycles. The maximum Gasteiger partial charge on any atom is 0.249 e. The second-order valence-corrected chi connectivity index (χ2v) is 15.4. The number of rotatable bonds is 35.